The van der Waals surface area contributed by atoms with Crippen LogP contribution in [0.1, 0.15) is 43.4 Å². The Kier molecular flexibility index (Phi) is 8.18. The largest absolute Gasteiger partial charge is 0.464 e. The number of benzene rings is 3. The number of fused-ring (bicyclic) bond motifs is 1. The average Bonchev–Trinajstić information content (AvgIpc) is 2.89. The summed E-state index contributed by atoms with van der Waals surface area (Å²) in [5.74, 6) is -5.24. The molecule has 3 amide bonds. The van der Waals surface area contributed by atoms with Crippen molar-refractivity contribution in [3.63, 3.8) is 0 Å². The minimum absolute atomic E-state index is 0.0939. The van der Waals surface area contributed by atoms with Gasteiger partial charge in [-0.3, -0.25) is 19.2 Å². The summed E-state index contributed by atoms with van der Waals surface area (Å²) in [4.78, 5) is 55.2. The van der Waals surface area contributed by atoms with Crippen molar-refractivity contribution in [3.05, 3.63) is 106 Å². The lowest BCUT2D eigenvalue weighted by Gasteiger charge is -2.29. The van der Waals surface area contributed by atoms with Crippen molar-refractivity contribution in [1.82, 2.24) is 5.32 Å². The van der Waals surface area contributed by atoms with E-state index >= 15 is 0 Å². The first kappa shape index (κ1) is 28.3. The molecule has 4 rings (SSSR count). The zero-order valence-electron chi connectivity index (χ0n) is 23.2. The van der Waals surface area contributed by atoms with E-state index in [-0.39, 0.29) is 10.9 Å². The molecule has 4 aromatic rings. The fourth-order valence-corrected chi connectivity index (χ4v) is 4.36. The Morgan fingerprint density at radius 2 is 1.23 bits per heavy atom. The highest BCUT2D eigenvalue weighted by atomic mass is 16.3. The molecule has 3 aromatic carbocycles. The predicted octanol–water partition coefficient (Wildman–Crippen LogP) is 5.30. The van der Waals surface area contributed by atoms with Crippen LogP contribution in [0, 0.1) is 19.8 Å². The molecule has 0 bridgehead atoms. The van der Waals surface area contributed by atoms with Gasteiger partial charge in [0.25, 0.3) is 0 Å². The minimum Gasteiger partial charge on any atom is -0.464 e. The van der Waals surface area contributed by atoms with Crippen molar-refractivity contribution in [2.45, 2.75) is 46.1 Å². The van der Waals surface area contributed by atoms with Crippen LogP contribution in [0.15, 0.2) is 88.3 Å². The summed E-state index contributed by atoms with van der Waals surface area (Å²) in [6, 6.07) is 20.7. The fourth-order valence-electron chi connectivity index (χ4n) is 4.36. The Hall–Kier alpha value is -4.72. The molecular formula is C32H33N3O5. The van der Waals surface area contributed by atoms with Crippen LogP contribution >= 0.6 is 0 Å². The monoisotopic (exact) mass is 539 g/mol. The summed E-state index contributed by atoms with van der Waals surface area (Å²) in [6.07, 6.45) is 1.17. The second-order valence-electron chi connectivity index (χ2n) is 10.9. The van der Waals surface area contributed by atoms with Crippen LogP contribution in [0.3, 0.4) is 0 Å². The zero-order chi connectivity index (χ0) is 29.0. The summed E-state index contributed by atoms with van der Waals surface area (Å²) < 4.78 is 5.71. The van der Waals surface area contributed by atoms with E-state index in [1.807, 2.05) is 38.1 Å². The first-order chi connectivity index (χ1) is 18.9. The molecule has 206 valence electrons. The number of carbonyl (C=O) groups is 3. The molecule has 1 unspecified atom stereocenters. The summed E-state index contributed by atoms with van der Waals surface area (Å²) in [7, 11) is 0. The minimum atomic E-state index is -1.62. The topological polar surface area (TPSA) is 118 Å². The van der Waals surface area contributed by atoms with Gasteiger partial charge in [-0.1, -0.05) is 47.5 Å². The number of aryl methyl sites for hydroxylation is 2. The van der Waals surface area contributed by atoms with Crippen LogP contribution in [-0.2, 0) is 14.4 Å². The molecule has 8 nitrogen and oxygen atoms in total. The van der Waals surface area contributed by atoms with Crippen LogP contribution in [-0.4, -0.2) is 23.3 Å². The first-order valence-electron chi connectivity index (χ1n) is 13.0. The molecule has 8 heteroatoms. The van der Waals surface area contributed by atoms with Gasteiger partial charge >= 0.3 is 0 Å². The second kappa shape index (κ2) is 11.6. The number of amides is 3. The molecule has 0 saturated carbocycles. The van der Waals surface area contributed by atoms with Gasteiger partial charge in [-0.2, -0.15) is 0 Å². The van der Waals surface area contributed by atoms with Gasteiger partial charge in [0.1, 0.15) is 11.5 Å². The van der Waals surface area contributed by atoms with Gasteiger partial charge in [0.05, 0.1) is 17.6 Å². The molecule has 0 aliphatic rings. The third kappa shape index (κ3) is 6.64. The third-order valence-corrected chi connectivity index (χ3v) is 6.36. The normalized spacial score (nSPS) is 12.2. The molecular weight excluding hydrogens is 506 g/mol. The lowest BCUT2D eigenvalue weighted by atomic mass is 9.83. The molecule has 0 spiro atoms. The maximum absolute atomic E-state index is 13.9. The van der Waals surface area contributed by atoms with Crippen molar-refractivity contribution in [1.29, 1.82) is 0 Å². The van der Waals surface area contributed by atoms with Crippen LogP contribution in [0.5, 0.6) is 0 Å². The number of hydrogen-bond donors (Lipinski definition) is 3. The van der Waals surface area contributed by atoms with E-state index < -0.39 is 40.5 Å². The van der Waals surface area contributed by atoms with Gasteiger partial charge < -0.3 is 20.4 Å². The summed E-state index contributed by atoms with van der Waals surface area (Å²) >= 11 is 0. The molecule has 3 N–H and O–H groups in total. The smallest absolute Gasteiger partial charge is 0.238 e. The first-order valence-corrected chi connectivity index (χ1v) is 13.0. The number of hydrogen-bond acceptors (Lipinski definition) is 5. The van der Waals surface area contributed by atoms with Crippen molar-refractivity contribution in [3.8, 4) is 0 Å². The molecule has 1 aromatic heterocycles. The van der Waals surface area contributed by atoms with E-state index in [0.717, 1.165) is 11.1 Å². The van der Waals surface area contributed by atoms with E-state index in [0.29, 0.717) is 17.0 Å². The molecule has 40 heavy (non-hydrogen) atoms. The van der Waals surface area contributed by atoms with Gasteiger partial charge in [0.2, 0.25) is 17.7 Å². The maximum atomic E-state index is 13.9. The Morgan fingerprint density at radius 3 is 1.73 bits per heavy atom. The van der Waals surface area contributed by atoms with E-state index in [9.17, 15) is 19.2 Å². The molecule has 0 fully saturated rings. The van der Waals surface area contributed by atoms with E-state index in [2.05, 4.69) is 16.0 Å². The highest BCUT2D eigenvalue weighted by Gasteiger charge is 2.43. The Labute approximate surface area is 232 Å². The number of rotatable bonds is 7. The van der Waals surface area contributed by atoms with Crippen molar-refractivity contribution < 1.29 is 18.8 Å². The number of para-hydroxylation sites is 1. The van der Waals surface area contributed by atoms with Crippen molar-refractivity contribution in [2.24, 2.45) is 5.92 Å². The molecule has 0 aliphatic heterocycles. The van der Waals surface area contributed by atoms with Crippen LogP contribution in [0.2, 0.25) is 0 Å². The van der Waals surface area contributed by atoms with Crippen LogP contribution in [0.4, 0.5) is 11.4 Å². The Morgan fingerprint density at radius 1 is 0.725 bits per heavy atom. The lowest BCUT2D eigenvalue weighted by Crippen LogP contribution is -2.50. The SMILES string of the molecule is Cc1ccc(NC(=O)C(C(=O)Nc2ccc(C)cc2)C(C(=O)NC(C)(C)C)c2coc3ccccc3c2=O)cc1. The number of nitrogens with one attached hydrogen (secondary N) is 3. The summed E-state index contributed by atoms with van der Waals surface area (Å²) in [6.45, 7) is 9.15. The molecule has 0 radical (unpaired) electrons. The van der Waals surface area contributed by atoms with Crippen molar-refractivity contribution in [2.75, 3.05) is 10.6 Å². The molecule has 0 aliphatic carbocycles. The highest BCUT2D eigenvalue weighted by Crippen LogP contribution is 2.29. The van der Waals surface area contributed by atoms with E-state index in [4.69, 9.17) is 4.42 Å². The lowest BCUT2D eigenvalue weighted by molar-refractivity contribution is -0.136. The number of anilines is 2. The van der Waals surface area contributed by atoms with Gasteiger partial charge in [-0.25, -0.2) is 0 Å². The second-order valence-corrected chi connectivity index (χ2v) is 10.9. The quantitative estimate of drug-likeness (QED) is 0.276. The van der Waals surface area contributed by atoms with Gasteiger partial charge in [0, 0.05) is 22.5 Å². The number of carbonyl (C=O) groups excluding carboxylic acids is 3. The van der Waals surface area contributed by atoms with Gasteiger partial charge in [0.15, 0.2) is 5.43 Å². The maximum Gasteiger partial charge on any atom is 0.238 e. The van der Waals surface area contributed by atoms with Crippen LogP contribution in [0.25, 0.3) is 11.0 Å². The van der Waals surface area contributed by atoms with Gasteiger partial charge in [-0.15, -0.1) is 0 Å². The third-order valence-electron chi connectivity index (χ3n) is 6.36. The molecule has 1 atom stereocenters. The van der Waals surface area contributed by atoms with Gasteiger partial charge in [-0.05, 0) is 71.0 Å². The zero-order valence-corrected chi connectivity index (χ0v) is 23.2. The van der Waals surface area contributed by atoms with E-state index in [1.54, 1.807) is 69.3 Å². The Balaban J connectivity index is 1.85. The van der Waals surface area contributed by atoms with Crippen molar-refractivity contribution >= 4 is 40.1 Å². The summed E-state index contributed by atoms with van der Waals surface area (Å²) in [5.41, 5.74) is 1.91. The fraction of sp³-hybridized carbons (Fsp3) is 0.250. The molecule has 1 heterocycles. The highest BCUT2D eigenvalue weighted by molar-refractivity contribution is 6.14. The average molecular weight is 540 g/mol. The molecule has 0 saturated heterocycles. The summed E-state index contributed by atoms with van der Waals surface area (Å²) in [5, 5.41) is 8.60. The Bertz CT molecular complexity index is 1540. The standard InChI is InChI=1S/C32H33N3O5/c1-19-10-14-21(15-11-19)33-29(37)27(30(38)34-22-16-12-20(2)13-17-22)26(31(39)35-32(3,4)5)24-18-40-25-9-7-6-8-23(25)28(24)36/h6-18,26-27H,1-5H3,(H,33,37)(H,34,38)(H,35,39). The van der Waals surface area contributed by atoms with Crippen LogP contribution < -0.4 is 21.4 Å². The predicted molar refractivity (Wildman–Crippen MR) is 156 cm³/mol. The van der Waals surface area contributed by atoms with E-state index in [1.165, 1.54) is 6.26 Å².